The molecule has 1 aromatic rings. The van der Waals surface area contributed by atoms with Gasteiger partial charge in [-0.1, -0.05) is 6.92 Å². The van der Waals surface area contributed by atoms with Crippen LogP contribution in [0, 0.1) is 0 Å². The average molecular weight is 224 g/mol. The molecule has 0 amide bonds. The number of Topliss-reactive ketones (excluding diaryl/α,β-unsaturated/α-hetero) is 1. The van der Waals surface area contributed by atoms with Gasteiger partial charge in [-0.25, -0.2) is 0 Å². The normalized spacial score (nSPS) is 11.0. The third kappa shape index (κ3) is 3.47. The van der Waals surface area contributed by atoms with Crippen LogP contribution in [0.2, 0.25) is 0 Å². The zero-order valence-corrected chi connectivity index (χ0v) is 10.3. The number of carbonyl (C=O) groups excluding carboxylic acids is 1. The number of rotatable bonds is 7. The summed E-state index contributed by atoms with van der Waals surface area (Å²) in [7, 11) is 3.56. The summed E-state index contributed by atoms with van der Waals surface area (Å²) in [5, 5.41) is 0. The molecule has 0 N–H and O–H groups in total. The summed E-state index contributed by atoms with van der Waals surface area (Å²) in [5.74, 6) is 0.158. The van der Waals surface area contributed by atoms with Crippen molar-refractivity contribution in [2.75, 3.05) is 33.4 Å². The molecular formula is C12H20N2O2. The maximum absolute atomic E-state index is 12.0. The van der Waals surface area contributed by atoms with E-state index in [1.165, 1.54) is 0 Å². The van der Waals surface area contributed by atoms with Crippen molar-refractivity contribution >= 4 is 5.78 Å². The lowest BCUT2D eigenvalue weighted by molar-refractivity contribution is 0.0894. The lowest BCUT2D eigenvalue weighted by atomic mass is 10.2. The van der Waals surface area contributed by atoms with Crippen LogP contribution < -0.4 is 0 Å². The second kappa shape index (κ2) is 6.45. The zero-order chi connectivity index (χ0) is 12.0. The third-order valence-electron chi connectivity index (χ3n) is 2.66. The van der Waals surface area contributed by atoms with Gasteiger partial charge in [0.05, 0.1) is 18.8 Å². The van der Waals surface area contributed by atoms with Crippen LogP contribution in [0.15, 0.2) is 18.3 Å². The maximum Gasteiger partial charge on any atom is 0.193 e. The van der Waals surface area contributed by atoms with Crippen molar-refractivity contribution in [3.63, 3.8) is 0 Å². The summed E-state index contributed by atoms with van der Waals surface area (Å²) < 4.78 is 6.87. The summed E-state index contributed by atoms with van der Waals surface area (Å²) in [6.45, 7) is 4.82. The summed E-state index contributed by atoms with van der Waals surface area (Å²) in [5.41, 5.74) is 0.760. The Morgan fingerprint density at radius 1 is 1.56 bits per heavy atom. The fourth-order valence-corrected chi connectivity index (χ4v) is 1.60. The maximum atomic E-state index is 12.0. The molecule has 0 saturated heterocycles. The Hall–Kier alpha value is -1.13. The van der Waals surface area contributed by atoms with E-state index in [1.54, 1.807) is 7.11 Å². The number of hydrogen-bond donors (Lipinski definition) is 0. The van der Waals surface area contributed by atoms with Crippen molar-refractivity contribution in [3.05, 3.63) is 24.0 Å². The molecule has 0 spiro atoms. The lowest BCUT2D eigenvalue weighted by Gasteiger charge is -2.18. The number of nitrogens with zero attached hydrogens (tertiary/aromatic N) is 2. The predicted octanol–water partition coefficient (Wildman–Crippen LogP) is 1.18. The number of ketones is 1. The average Bonchev–Trinajstić information content (AvgIpc) is 2.70. The van der Waals surface area contributed by atoms with Crippen LogP contribution in [-0.2, 0) is 11.8 Å². The molecule has 1 aromatic heterocycles. The molecule has 16 heavy (non-hydrogen) atoms. The van der Waals surface area contributed by atoms with Gasteiger partial charge in [-0.2, -0.15) is 0 Å². The van der Waals surface area contributed by atoms with Crippen molar-refractivity contribution in [3.8, 4) is 0 Å². The Balaban J connectivity index is 2.52. The topological polar surface area (TPSA) is 34.5 Å². The minimum atomic E-state index is 0.158. The molecule has 0 aliphatic heterocycles. The van der Waals surface area contributed by atoms with Crippen molar-refractivity contribution in [2.24, 2.45) is 7.05 Å². The molecule has 0 aliphatic rings. The van der Waals surface area contributed by atoms with E-state index in [0.29, 0.717) is 13.2 Å². The standard InChI is InChI=1S/C12H20N2O2/c1-4-14(8-9-16-3)10-12(15)11-6-5-7-13(11)2/h5-7H,4,8-10H2,1-3H3. The number of carbonyl (C=O) groups is 1. The van der Waals surface area contributed by atoms with Gasteiger partial charge in [-0.05, 0) is 18.7 Å². The van der Waals surface area contributed by atoms with Gasteiger partial charge in [-0.15, -0.1) is 0 Å². The summed E-state index contributed by atoms with van der Waals surface area (Å²) in [6, 6.07) is 3.74. The predicted molar refractivity (Wildman–Crippen MR) is 63.7 cm³/mol. The van der Waals surface area contributed by atoms with Crippen LogP contribution in [0.4, 0.5) is 0 Å². The van der Waals surface area contributed by atoms with Crippen LogP contribution in [0.5, 0.6) is 0 Å². The van der Waals surface area contributed by atoms with E-state index in [4.69, 9.17) is 4.74 Å². The highest BCUT2D eigenvalue weighted by Gasteiger charge is 2.12. The van der Waals surface area contributed by atoms with Crippen LogP contribution in [-0.4, -0.2) is 48.6 Å². The molecule has 0 atom stereocenters. The minimum Gasteiger partial charge on any atom is -0.383 e. The molecule has 0 aliphatic carbocycles. The van der Waals surface area contributed by atoms with E-state index in [-0.39, 0.29) is 5.78 Å². The monoisotopic (exact) mass is 224 g/mol. The highest BCUT2D eigenvalue weighted by Crippen LogP contribution is 2.02. The molecule has 1 rings (SSSR count). The zero-order valence-electron chi connectivity index (χ0n) is 10.3. The molecule has 0 saturated carbocycles. The summed E-state index contributed by atoms with van der Waals surface area (Å²) in [6.07, 6.45) is 1.89. The van der Waals surface area contributed by atoms with Gasteiger partial charge in [0.1, 0.15) is 0 Å². The van der Waals surface area contributed by atoms with E-state index in [9.17, 15) is 4.79 Å². The van der Waals surface area contributed by atoms with Crippen molar-refractivity contribution in [1.29, 1.82) is 0 Å². The van der Waals surface area contributed by atoms with Crippen LogP contribution >= 0.6 is 0 Å². The lowest BCUT2D eigenvalue weighted by Crippen LogP contribution is -2.33. The number of likely N-dealkylation sites (N-methyl/N-ethyl adjacent to an activating group) is 1. The number of aromatic nitrogens is 1. The quantitative estimate of drug-likeness (QED) is 0.652. The van der Waals surface area contributed by atoms with Crippen LogP contribution in [0.25, 0.3) is 0 Å². The highest BCUT2D eigenvalue weighted by atomic mass is 16.5. The first-order valence-corrected chi connectivity index (χ1v) is 5.54. The molecule has 0 radical (unpaired) electrons. The second-order valence-corrected chi connectivity index (χ2v) is 3.79. The Bertz CT molecular complexity index is 334. The Morgan fingerprint density at radius 3 is 2.81 bits per heavy atom. The number of aryl methyl sites for hydroxylation is 1. The van der Waals surface area contributed by atoms with Gasteiger partial charge in [0.15, 0.2) is 5.78 Å². The minimum absolute atomic E-state index is 0.158. The molecular weight excluding hydrogens is 204 g/mol. The molecule has 0 aromatic carbocycles. The van der Waals surface area contributed by atoms with Crippen molar-refractivity contribution in [1.82, 2.24) is 9.47 Å². The fraction of sp³-hybridized carbons (Fsp3) is 0.583. The van der Waals surface area contributed by atoms with Gasteiger partial charge in [0.2, 0.25) is 0 Å². The molecule has 4 nitrogen and oxygen atoms in total. The first kappa shape index (κ1) is 12.9. The molecule has 90 valence electrons. The van der Waals surface area contributed by atoms with E-state index in [1.807, 2.05) is 36.9 Å². The number of methoxy groups -OCH3 is 1. The fourth-order valence-electron chi connectivity index (χ4n) is 1.60. The summed E-state index contributed by atoms with van der Waals surface area (Å²) in [4.78, 5) is 14.0. The largest absolute Gasteiger partial charge is 0.383 e. The van der Waals surface area contributed by atoms with E-state index in [0.717, 1.165) is 18.8 Å². The Labute approximate surface area is 96.8 Å². The number of ether oxygens (including phenoxy) is 1. The van der Waals surface area contributed by atoms with Gasteiger partial charge >= 0.3 is 0 Å². The molecule has 0 unspecified atom stereocenters. The van der Waals surface area contributed by atoms with Gasteiger partial charge < -0.3 is 9.30 Å². The molecule has 4 heteroatoms. The van der Waals surface area contributed by atoms with Gasteiger partial charge in [0, 0.05) is 26.9 Å². The van der Waals surface area contributed by atoms with E-state index >= 15 is 0 Å². The highest BCUT2D eigenvalue weighted by molar-refractivity contribution is 5.96. The Morgan fingerprint density at radius 2 is 2.31 bits per heavy atom. The number of hydrogen-bond acceptors (Lipinski definition) is 3. The van der Waals surface area contributed by atoms with Crippen molar-refractivity contribution < 1.29 is 9.53 Å². The van der Waals surface area contributed by atoms with Gasteiger partial charge in [0.25, 0.3) is 0 Å². The van der Waals surface area contributed by atoms with Crippen LogP contribution in [0.3, 0.4) is 0 Å². The van der Waals surface area contributed by atoms with Crippen molar-refractivity contribution in [2.45, 2.75) is 6.92 Å². The molecule has 0 bridgehead atoms. The van der Waals surface area contributed by atoms with Gasteiger partial charge in [-0.3, -0.25) is 9.69 Å². The first-order valence-electron chi connectivity index (χ1n) is 5.54. The molecule has 1 heterocycles. The third-order valence-corrected chi connectivity index (χ3v) is 2.66. The smallest absolute Gasteiger partial charge is 0.193 e. The first-order chi connectivity index (χ1) is 7.69. The molecule has 0 fully saturated rings. The second-order valence-electron chi connectivity index (χ2n) is 3.79. The summed E-state index contributed by atoms with van der Waals surface area (Å²) >= 11 is 0. The SMILES string of the molecule is CCN(CCOC)CC(=O)c1cccn1C. The van der Waals surface area contributed by atoms with Crippen LogP contribution in [0.1, 0.15) is 17.4 Å². The van der Waals surface area contributed by atoms with E-state index < -0.39 is 0 Å². The van der Waals surface area contributed by atoms with E-state index in [2.05, 4.69) is 4.90 Å². The Kier molecular flexibility index (Phi) is 5.22.